The van der Waals surface area contributed by atoms with E-state index in [1.807, 2.05) is 4.68 Å². The second-order valence-corrected chi connectivity index (χ2v) is 7.48. The first-order chi connectivity index (χ1) is 10.8. The minimum Gasteiger partial charge on any atom is -0.353 e. The Morgan fingerprint density at radius 3 is 2.55 bits per heavy atom. The van der Waals surface area contributed by atoms with Crippen molar-refractivity contribution in [1.29, 1.82) is 0 Å². The van der Waals surface area contributed by atoms with E-state index in [0.717, 1.165) is 50.0 Å². The van der Waals surface area contributed by atoms with Gasteiger partial charge in [0.25, 0.3) is 0 Å². The highest BCUT2D eigenvalue weighted by molar-refractivity contribution is 7.99. The van der Waals surface area contributed by atoms with Gasteiger partial charge in [0.1, 0.15) is 0 Å². The number of carbonyl (C=O) groups excluding carboxylic acids is 1. The molecule has 0 bridgehead atoms. The first kappa shape index (κ1) is 14.4. The molecule has 22 heavy (non-hydrogen) atoms. The summed E-state index contributed by atoms with van der Waals surface area (Å²) < 4.78 is 1.85. The Morgan fingerprint density at radius 1 is 1.14 bits per heavy atom. The van der Waals surface area contributed by atoms with Crippen molar-refractivity contribution in [3.05, 3.63) is 0 Å². The SMILES string of the molecule is O=C(CSc1nnnn1C1CC1)NC1CCN(C2CC2)CC1. The number of nitrogens with one attached hydrogen (secondary N) is 1. The quantitative estimate of drug-likeness (QED) is 0.782. The zero-order valence-corrected chi connectivity index (χ0v) is 13.5. The molecule has 2 saturated carbocycles. The molecule has 1 aromatic rings. The molecule has 1 N–H and O–H groups in total. The van der Waals surface area contributed by atoms with Crippen LogP contribution in [0, 0.1) is 0 Å². The summed E-state index contributed by atoms with van der Waals surface area (Å²) in [6, 6.07) is 1.63. The smallest absolute Gasteiger partial charge is 0.230 e. The highest BCUT2D eigenvalue weighted by Crippen LogP contribution is 2.36. The molecule has 7 nitrogen and oxygen atoms in total. The van der Waals surface area contributed by atoms with Gasteiger partial charge in [-0.25, -0.2) is 4.68 Å². The van der Waals surface area contributed by atoms with E-state index in [-0.39, 0.29) is 5.91 Å². The molecule has 3 aliphatic rings. The second kappa shape index (κ2) is 6.16. The van der Waals surface area contributed by atoms with Crippen LogP contribution < -0.4 is 5.32 Å². The molecule has 0 aromatic carbocycles. The lowest BCUT2D eigenvalue weighted by Gasteiger charge is -2.32. The van der Waals surface area contributed by atoms with E-state index in [9.17, 15) is 4.79 Å². The van der Waals surface area contributed by atoms with E-state index in [2.05, 4.69) is 25.7 Å². The van der Waals surface area contributed by atoms with Crippen molar-refractivity contribution in [2.24, 2.45) is 0 Å². The van der Waals surface area contributed by atoms with Crippen LogP contribution in [0.15, 0.2) is 5.16 Å². The number of amides is 1. The number of hydrogen-bond acceptors (Lipinski definition) is 6. The van der Waals surface area contributed by atoms with Crippen LogP contribution in [-0.2, 0) is 4.79 Å². The van der Waals surface area contributed by atoms with Crippen LogP contribution in [0.25, 0.3) is 0 Å². The van der Waals surface area contributed by atoms with Crippen LogP contribution in [0.5, 0.6) is 0 Å². The molecule has 1 aliphatic heterocycles. The molecule has 1 aromatic heterocycles. The zero-order valence-electron chi connectivity index (χ0n) is 12.6. The normalized spacial score (nSPS) is 23.6. The molecule has 2 heterocycles. The van der Waals surface area contributed by atoms with Crippen LogP contribution in [0.4, 0.5) is 0 Å². The van der Waals surface area contributed by atoms with Gasteiger partial charge in [-0.2, -0.15) is 0 Å². The van der Waals surface area contributed by atoms with Crippen LogP contribution in [-0.4, -0.2) is 61.9 Å². The van der Waals surface area contributed by atoms with Crippen LogP contribution in [0.3, 0.4) is 0 Å². The van der Waals surface area contributed by atoms with E-state index in [1.54, 1.807) is 0 Å². The molecule has 4 rings (SSSR count). The number of aromatic nitrogens is 4. The summed E-state index contributed by atoms with van der Waals surface area (Å²) in [5, 5.41) is 15.6. The second-order valence-electron chi connectivity index (χ2n) is 6.53. The molecule has 3 fully saturated rings. The van der Waals surface area contributed by atoms with E-state index < -0.39 is 0 Å². The molecule has 0 spiro atoms. The molecule has 0 unspecified atom stereocenters. The topological polar surface area (TPSA) is 75.9 Å². The fraction of sp³-hybridized carbons (Fsp3) is 0.857. The van der Waals surface area contributed by atoms with Crippen molar-refractivity contribution >= 4 is 17.7 Å². The van der Waals surface area contributed by atoms with Gasteiger partial charge in [0.05, 0.1) is 11.8 Å². The van der Waals surface area contributed by atoms with Gasteiger partial charge in [-0.1, -0.05) is 11.8 Å². The molecular formula is C14H22N6OS. The van der Waals surface area contributed by atoms with Crippen LogP contribution in [0.1, 0.15) is 44.6 Å². The Hall–Kier alpha value is -1.15. The number of rotatable bonds is 6. The van der Waals surface area contributed by atoms with Gasteiger partial charge in [-0.05, 0) is 49.0 Å². The summed E-state index contributed by atoms with van der Waals surface area (Å²) >= 11 is 1.44. The summed E-state index contributed by atoms with van der Waals surface area (Å²) in [7, 11) is 0. The number of thioether (sulfide) groups is 1. The van der Waals surface area contributed by atoms with Crippen molar-refractivity contribution in [1.82, 2.24) is 30.4 Å². The Morgan fingerprint density at radius 2 is 1.86 bits per heavy atom. The Bertz CT molecular complexity index is 533. The van der Waals surface area contributed by atoms with Crippen molar-refractivity contribution in [3.63, 3.8) is 0 Å². The standard InChI is InChI=1S/C14H22N6OS/c21-13(9-22-14-16-17-18-20(14)12-3-4-12)15-10-5-7-19(8-6-10)11-1-2-11/h10-12H,1-9H2,(H,15,21). The zero-order chi connectivity index (χ0) is 14.9. The maximum absolute atomic E-state index is 12.1. The molecule has 8 heteroatoms. The molecular weight excluding hydrogens is 300 g/mol. The summed E-state index contributed by atoms with van der Waals surface area (Å²) in [5.74, 6) is 0.496. The van der Waals surface area contributed by atoms with Gasteiger partial charge in [0.15, 0.2) is 0 Å². The third kappa shape index (κ3) is 3.43. The summed E-state index contributed by atoms with van der Waals surface area (Å²) in [6.07, 6.45) is 7.17. The minimum atomic E-state index is 0.0974. The first-order valence-electron chi connectivity index (χ1n) is 8.23. The van der Waals surface area contributed by atoms with E-state index in [0.29, 0.717) is 17.8 Å². The van der Waals surface area contributed by atoms with Gasteiger partial charge < -0.3 is 10.2 Å². The maximum atomic E-state index is 12.1. The monoisotopic (exact) mass is 322 g/mol. The van der Waals surface area contributed by atoms with Crippen molar-refractivity contribution < 1.29 is 4.79 Å². The highest BCUT2D eigenvalue weighted by atomic mass is 32.2. The summed E-state index contributed by atoms with van der Waals surface area (Å²) in [5.41, 5.74) is 0. The third-order valence-corrected chi connectivity index (χ3v) is 5.58. The van der Waals surface area contributed by atoms with E-state index in [4.69, 9.17) is 0 Å². The molecule has 0 radical (unpaired) electrons. The molecule has 120 valence electrons. The van der Waals surface area contributed by atoms with E-state index in [1.165, 1.54) is 24.6 Å². The van der Waals surface area contributed by atoms with Gasteiger partial charge in [-0.15, -0.1) is 5.10 Å². The molecule has 1 saturated heterocycles. The fourth-order valence-corrected chi connectivity index (χ4v) is 3.83. The average Bonchev–Trinajstić information content (AvgIpc) is 3.45. The van der Waals surface area contributed by atoms with Crippen LogP contribution in [0.2, 0.25) is 0 Å². The lowest BCUT2D eigenvalue weighted by molar-refractivity contribution is -0.119. The first-order valence-corrected chi connectivity index (χ1v) is 9.22. The highest BCUT2D eigenvalue weighted by Gasteiger charge is 2.32. The number of likely N-dealkylation sites (tertiary alicyclic amines) is 1. The predicted octanol–water partition coefficient (Wildman–Crippen LogP) is 0.843. The van der Waals surface area contributed by atoms with Crippen molar-refractivity contribution in [2.45, 2.75) is 61.8 Å². The predicted molar refractivity (Wildman–Crippen MR) is 82.6 cm³/mol. The Balaban J connectivity index is 1.20. The number of nitrogens with zero attached hydrogens (tertiary/aromatic N) is 5. The van der Waals surface area contributed by atoms with Gasteiger partial charge >= 0.3 is 0 Å². The number of tetrazole rings is 1. The van der Waals surface area contributed by atoms with Gasteiger partial charge in [-0.3, -0.25) is 4.79 Å². The fourth-order valence-electron chi connectivity index (χ4n) is 3.08. The van der Waals surface area contributed by atoms with Crippen molar-refractivity contribution in [3.8, 4) is 0 Å². The van der Waals surface area contributed by atoms with E-state index >= 15 is 0 Å². The molecule has 1 amide bonds. The average molecular weight is 322 g/mol. The van der Waals surface area contributed by atoms with Crippen LogP contribution >= 0.6 is 11.8 Å². The summed E-state index contributed by atoms with van der Waals surface area (Å²) in [6.45, 7) is 2.26. The van der Waals surface area contributed by atoms with Crippen molar-refractivity contribution in [2.75, 3.05) is 18.8 Å². The number of carbonyl (C=O) groups is 1. The molecule has 2 aliphatic carbocycles. The third-order valence-electron chi connectivity index (χ3n) is 4.65. The number of hydrogen-bond donors (Lipinski definition) is 1. The lowest BCUT2D eigenvalue weighted by atomic mass is 10.1. The summed E-state index contributed by atoms with van der Waals surface area (Å²) in [4.78, 5) is 14.7. The maximum Gasteiger partial charge on any atom is 0.230 e. The lowest BCUT2D eigenvalue weighted by Crippen LogP contribution is -2.45. The number of piperidine rings is 1. The Labute approximate surface area is 134 Å². The largest absolute Gasteiger partial charge is 0.353 e. The van der Waals surface area contributed by atoms with Gasteiger partial charge in [0.2, 0.25) is 11.1 Å². The Kier molecular flexibility index (Phi) is 4.04. The van der Waals surface area contributed by atoms with Gasteiger partial charge in [0, 0.05) is 25.2 Å². The molecule has 0 atom stereocenters. The minimum absolute atomic E-state index is 0.0974.